The molecule has 102 valence electrons. The van der Waals surface area contributed by atoms with Gasteiger partial charge in [-0.15, -0.1) is 11.3 Å². The van der Waals surface area contributed by atoms with Gasteiger partial charge in [0.15, 0.2) is 5.82 Å². The molecule has 2 N–H and O–H groups in total. The molecule has 2 aromatic heterocycles. The smallest absolute Gasteiger partial charge is 0.150 e. The summed E-state index contributed by atoms with van der Waals surface area (Å²) in [6.45, 7) is 2.65. The Hall–Kier alpha value is -1.91. The van der Waals surface area contributed by atoms with Crippen molar-refractivity contribution in [1.29, 1.82) is 0 Å². The monoisotopic (exact) mass is 283 g/mol. The van der Waals surface area contributed by atoms with Gasteiger partial charge < -0.3 is 10.3 Å². The molecular formula is C16H17N3S. The molecule has 2 heterocycles. The summed E-state index contributed by atoms with van der Waals surface area (Å²) < 4.78 is 2.16. The highest BCUT2D eigenvalue weighted by atomic mass is 32.1. The number of hydrogen-bond donors (Lipinski definition) is 1. The Morgan fingerprint density at radius 2 is 2.05 bits per heavy atom. The third kappa shape index (κ3) is 2.40. The highest BCUT2D eigenvalue weighted by Crippen LogP contribution is 2.28. The van der Waals surface area contributed by atoms with Crippen molar-refractivity contribution in [2.24, 2.45) is 5.73 Å². The van der Waals surface area contributed by atoms with E-state index in [0.717, 1.165) is 5.82 Å². The molecule has 3 nitrogen and oxygen atoms in total. The van der Waals surface area contributed by atoms with E-state index in [4.69, 9.17) is 5.73 Å². The first-order chi connectivity index (χ1) is 9.79. The van der Waals surface area contributed by atoms with Gasteiger partial charge in [0.25, 0.3) is 0 Å². The topological polar surface area (TPSA) is 43.8 Å². The lowest BCUT2D eigenvalue weighted by Gasteiger charge is -2.19. The first-order valence-corrected chi connectivity index (χ1v) is 7.51. The van der Waals surface area contributed by atoms with E-state index < -0.39 is 0 Å². The lowest BCUT2D eigenvalue weighted by atomic mass is 10.0. The average molecular weight is 283 g/mol. The first-order valence-electron chi connectivity index (χ1n) is 6.63. The molecule has 0 amide bonds. The Kier molecular flexibility index (Phi) is 3.67. The van der Waals surface area contributed by atoms with Crippen LogP contribution in [0.25, 0.3) is 10.7 Å². The summed E-state index contributed by atoms with van der Waals surface area (Å²) in [6.07, 6.45) is 3.85. The highest BCUT2D eigenvalue weighted by molar-refractivity contribution is 7.13. The normalized spacial score (nSPS) is 12.5. The maximum atomic E-state index is 6.01. The number of nitrogens with two attached hydrogens (primary N) is 1. The van der Waals surface area contributed by atoms with Crippen molar-refractivity contribution < 1.29 is 0 Å². The van der Waals surface area contributed by atoms with Crippen LogP contribution in [0.2, 0.25) is 0 Å². The average Bonchev–Trinajstić information content (AvgIpc) is 3.12. The van der Waals surface area contributed by atoms with Gasteiger partial charge in [-0.3, -0.25) is 0 Å². The molecule has 4 heteroatoms. The standard InChI is InChI=1S/C16H17N3S/c1-12-4-6-13(7-5-12)14(11-17)19-9-8-18-16(19)15-3-2-10-20-15/h2-10,14H,11,17H2,1H3. The van der Waals surface area contributed by atoms with Gasteiger partial charge in [0.2, 0.25) is 0 Å². The third-order valence-electron chi connectivity index (χ3n) is 3.43. The third-order valence-corrected chi connectivity index (χ3v) is 4.30. The molecule has 1 aromatic carbocycles. The van der Waals surface area contributed by atoms with Crippen molar-refractivity contribution in [3.8, 4) is 10.7 Å². The van der Waals surface area contributed by atoms with E-state index in [2.05, 4.69) is 52.2 Å². The Morgan fingerprint density at radius 3 is 2.70 bits per heavy atom. The molecule has 0 aliphatic heterocycles. The van der Waals surface area contributed by atoms with E-state index >= 15 is 0 Å². The molecule has 0 fully saturated rings. The predicted octanol–water partition coefficient (Wildman–Crippen LogP) is 3.47. The van der Waals surface area contributed by atoms with Crippen LogP contribution in [-0.4, -0.2) is 16.1 Å². The number of rotatable bonds is 4. The summed E-state index contributed by atoms with van der Waals surface area (Å²) in [5.41, 5.74) is 8.49. The van der Waals surface area contributed by atoms with Crippen molar-refractivity contribution in [2.45, 2.75) is 13.0 Å². The van der Waals surface area contributed by atoms with E-state index in [-0.39, 0.29) is 6.04 Å². The van der Waals surface area contributed by atoms with E-state index in [9.17, 15) is 0 Å². The van der Waals surface area contributed by atoms with Gasteiger partial charge >= 0.3 is 0 Å². The fourth-order valence-corrected chi connectivity index (χ4v) is 3.08. The van der Waals surface area contributed by atoms with Crippen molar-refractivity contribution in [3.63, 3.8) is 0 Å². The number of aryl methyl sites for hydroxylation is 1. The van der Waals surface area contributed by atoms with Crippen LogP contribution in [0, 0.1) is 6.92 Å². The minimum Gasteiger partial charge on any atom is -0.328 e. The zero-order valence-electron chi connectivity index (χ0n) is 11.4. The molecule has 0 radical (unpaired) electrons. The van der Waals surface area contributed by atoms with Crippen molar-refractivity contribution >= 4 is 11.3 Å². The van der Waals surface area contributed by atoms with Gasteiger partial charge in [0, 0.05) is 18.9 Å². The van der Waals surface area contributed by atoms with Gasteiger partial charge in [-0.25, -0.2) is 4.98 Å². The van der Waals surface area contributed by atoms with E-state index in [1.807, 2.05) is 18.5 Å². The van der Waals surface area contributed by atoms with Gasteiger partial charge in [-0.05, 0) is 23.9 Å². The molecule has 0 saturated heterocycles. The Labute approximate surface area is 122 Å². The Balaban J connectivity index is 2.02. The maximum Gasteiger partial charge on any atom is 0.150 e. The van der Waals surface area contributed by atoms with E-state index in [1.165, 1.54) is 16.0 Å². The summed E-state index contributed by atoms with van der Waals surface area (Å²) in [6, 6.07) is 12.8. The zero-order valence-corrected chi connectivity index (χ0v) is 12.2. The van der Waals surface area contributed by atoms with Gasteiger partial charge in [-0.2, -0.15) is 0 Å². The van der Waals surface area contributed by atoms with Gasteiger partial charge in [0.1, 0.15) is 0 Å². The molecule has 0 saturated carbocycles. The summed E-state index contributed by atoms with van der Waals surface area (Å²) in [5, 5.41) is 2.07. The number of nitrogens with zero attached hydrogens (tertiary/aromatic N) is 2. The van der Waals surface area contributed by atoms with Gasteiger partial charge in [0.05, 0.1) is 10.9 Å². The van der Waals surface area contributed by atoms with Crippen LogP contribution in [0.5, 0.6) is 0 Å². The molecule has 20 heavy (non-hydrogen) atoms. The molecule has 3 aromatic rings. The maximum absolute atomic E-state index is 6.01. The van der Waals surface area contributed by atoms with Gasteiger partial charge in [-0.1, -0.05) is 35.9 Å². The minimum atomic E-state index is 0.121. The summed E-state index contributed by atoms with van der Waals surface area (Å²) in [4.78, 5) is 5.66. The van der Waals surface area contributed by atoms with E-state index in [1.54, 1.807) is 11.3 Å². The Bertz CT molecular complexity index is 668. The molecule has 0 aliphatic rings. The molecule has 3 rings (SSSR count). The molecule has 0 spiro atoms. The second-order valence-electron chi connectivity index (χ2n) is 4.80. The number of benzene rings is 1. The van der Waals surface area contributed by atoms with Crippen molar-refractivity contribution in [3.05, 3.63) is 65.3 Å². The van der Waals surface area contributed by atoms with Crippen molar-refractivity contribution in [2.75, 3.05) is 6.54 Å². The van der Waals surface area contributed by atoms with Crippen LogP contribution in [-0.2, 0) is 0 Å². The lowest BCUT2D eigenvalue weighted by Crippen LogP contribution is -2.20. The second-order valence-corrected chi connectivity index (χ2v) is 5.75. The van der Waals surface area contributed by atoms with Crippen LogP contribution >= 0.6 is 11.3 Å². The van der Waals surface area contributed by atoms with E-state index in [0.29, 0.717) is 6.54 Å². The summed E-state index contributed by atoms with van der Waals surface area (Å²) in [7, 11) is 0. The fourth-order valence-electron chi connectivity index (χ4n) is 2.36. The quantitative estimate of drug-likeness (QED) is 0.796. The second kappa shape index (κ2) is 5.61. The first kappa shape index (κ1) is 13.1. The largest absolute Gasteiger partial charge is 0.328 e. The summed E-state index contributed by atoms with van der Waals surface area (Å²) >= 11 is 1.70. The van der Waals surface area contributed by atoms with Crippen LogP contribution in [0.15, 0.2) is 54.2 Å². The minimum absolute atomic E-state index is 0.121. The lowest BCUT2D eigenvalue weighted by molar-refractivity contribution is 0.601. The molecular weight excluding hydrogens is 266 g/mol. The van der Waals surface area contributed by atoms with Crippen molar-refractivity contribution in [1.82, 2.24) is 9.55 Å². The highest BCUT2D eigenvalue weighted by Gasteiger charge is 2.16. The number of hydrogen-bond acceptors (Lipinski definition) is 3. The molecule has 1 unspecified atom stereocenters. The van der Waals surface area contributed by atoms with Crippen LogP contribution in [0.1, 0.15) is 17.2 Å². The molecule has 1 atom stereocenters. The predicted molar refractivity (Wildman–Crippen MR) is 83.9 cm³/mol. The number of thiophene rings is 1. The van der Waals surface area contributed by atoms with Crippen LogP contribution in [0.3, 0.4) is 0 Å². The Morgan fingerprint density at radius 1 is 1.25 bits per heavy atom. The molecule has 0 bridgehead atoms. The molecule has 0 aliphatic carbocycles. The number of aromatic nitrogens is 2. The summed E-state index contributed by atoms with van der Waals surface area (Å²) in [5.74, 6) is 0.982. The van der Waals surface area contributed by atoms with Crippen LogP contribution in [0.4, 0.5) is 0 Å². The fraction of sp³-hybridized carbons (Fsp3) is 0.188. The zero-order chi connectivity index (χ0) is 13.9. The number of imidazole rings is 1. The van der Waals surface area contributed by atoms with Crippen LogP contribution < -0.4 is 5.73 Å². The SMILES string of the molecule is Cc1ccc(C(CN)n2ccnc2-c2cccs2)cc1.